The molecule has 2 rings (SSSR count). The Bertz CT molecular complexity index is 482. The van der Waals surface area contributed by atoms with Crippen LogP contribution in [0.3, 0.4) is 0 Å². The van der Waals surface area contributed by atoms with Crippen LogP contribution in [-0.4, -0.2) is 12.1 Å². The van der Waals surface area contributed by atoms with Gasteiger partial charge in [-0.2, -0.15) is 13.2 Å². The molecule has 0 aromatic heterocycles. The van der Waals surface area contributed by atoms with Gasteiger partial charge in [0.25, 0.3) is 0 Å². The highest BCUT2D eigenvalue weighted by atomic mass is 19.4. The Hall–Kier alpha value is -1.52. The van der Waals surface area contributed by atoms with Gasteiger partial charge in [-0.3, -0.25) is 4.79 Å². The number of nitrogens with one attached hydrogen (secondary N) is 1. The number of rotatable bonds is 2. The summed E-state index contributed by atoms with van der Waals surface area (Å²) in [5.74, 6) is -1.89. The van der Waals surface area contributed by atoms with Crippen molar-refractivity contribution in [1.82, 2.24) is 5.32 Å². The van der Waals surface area contributed by atoms with Crippen LogP contribution in [0.4, 0.5) is 13.2 Å². The smallest absolute Gasteiger partial charge is 0.342 e. The minimum Gasteiger partial charge on any atom is -0.342 e. The molecular formula is C14H16F3NO. The second kappa shape index (κ2) is 5.23. The van der Waals surface area contributed by atoms with Gasteiger partial charge in [0.1, 0.15) is 0 Å². The summed E-state index contributed by atoms with van der Waals surface area (Å²) in [5, 5.41) is 1.98. The van der Waals surface area contributed by atoms with Crippen molar-refractivity contribution in [1.29, 1.82) is 0 Å². The molecule has 0 aliphatic heterocycles. The van der Waals surface area contributed by atoms with Crippen molar-refractivity contribution < 1.29 is 18.0 Å². The summed E-state index contributed by atoms with van der Waals surface area (Å²) in [7, 11) is 0. The third-order valence-electron chi connectivity index (χ3n) is 3.48. The normalized spacial score (nSPS) is 16.6. The van der Waals surface area contributed by atoms with Gasteiger partial charge in [-0.05, 0) is 49.3 Å². The minimum atomic E-state index is -4.83. The second-order valence-corrected chi connectivity index (χ2v) is 4.93. The quantitative estimate of drug-likeness (QED) is 0.878. The van der Waals surface area contributed by atoms with Crippen LogP contribution >= 0.6 is 0 Å². The van der Waals surface area contributed by atoms with Crippen LogP contribution in [0, 0.1) is 0 Å². The molecule has 0 heterocycles. The van der Waals surface area contributed by atoms with Crippen LogP contribution in [0.15, 0.2) is 18.2 Å². The first-order valence-corrected chi connectivity index (χ1v) is 6.37. The van der Waals surface area contributed by atoms with Crippen molar-refractivity contribution in [3.8, 4) is 0 Å². The SMILES string of the molecule is CC(NC(=O)C(F)(F)F)c1ccc2c(c1)CCCC2. The highest BCUT2D eigenvalue weighted by Gasteiger charge is 2.39. The van der Waals surface area contributed by atoms with Crippen molar-refractivity contribution in [3.63, 3.8) is 0 Å². The average molecular weight is 271 g/mol. The molecule has 0 saturated heterocycles. The van der Waals surface area contributed by atoms with E-state index in [4.69, 9.17) is 0 Å². The van der Waals surface area contributed by atoms with Crippen molar-refractivity contribution in [3.05, 3.63) is 34.9 Å². The molecule has 0 spiro atoms. The fourth-order valence-corrected chi connectivity index (χ4v) is 2.38. The third-order valence-corrected chi connectivity index (χ3v) is 3.48. The summed E-state index contributed by atoms with van der Waals surface area (Å²) in [5.41, 5.74) is 3.18. The molecule has 1 atom stereocenters. The van der Waals surface area contributed by atoms with Crippen LogP contribution in [0.25, 0.3) is 0 Å². The fourth-order valence-electron chi connectivity index (χ4n) is 2.38. The summed E-state index contributed by atoms with van der Waals surface area (Å²) >= 11 is 0. The molecule has 0 radical (unpaired) electrons. The molecule has 1 amide bonds. The monoisotopic (exact) mass is 271 g/mol. The summed E-state index contributed by atoms with van der Waals surface area (Å²) < 4.78 is 36.6. The Labute approximate surface area is 110 Å². The Morgan fingerprint density at radius 2 is 1.84 bits per heavy atom. The summed E-state index contributed by atoms with van der Waals surface area (Å²) in [6, 6.07) is 5.03. The fraction of sp³-hybridized carbons (Fsp3) is 0.500. The lowest BCUT2D eigenvalue weighted by atomic mass is 9.89. The maximum Gasteiger partial charge on any atom is 0.471 e. The summed E-state index contributed by atoms with van der Waals surface area (Å²) in [4.78, 5) is 10.9. The van der Waals surface area contributed by atoms with Crippen LogP contribution in [0.2, 0.25) is 0 Å². The van der Waals surface area contributed by atoms with Crippen molar-refractivity contribution in [2.24, 2.45) is 0 Å². The van der Waals surface area contributed by atoms with Crippen molar-refractivity contribution in [2.75, 3.05) is 0 Å². The highest BCUT2D eigenvalue weighted by molar-refractivity contribution is 5.82. The van der Waals surface area contributed by atoms with Crippen molar-refractivity contribution >= 4 is 5.91 Å². The van der Waals surface area contributed by atoms with E-state index in [2.05, 4.69) is 0 Å². The van der Waals surface area contributed by atoms with E-state index < -0.39 is 18.1 Å². The molecule has 0 bridgehead atoms. The predicted octanol–water partition coefficient (Wildman–Crippen LogP) is 3.30. The Morgan fingerprint density at radius 3 is 2.47 bits per heavy atom. The van der Waals surface area contributed by atoms with E-state index in [1.54, 1.807) is 13.0 Å². The van der Waals surface area contributed by atoms with E-state index in [1.165, 1.54) is 11.1 Å². The van der Waals surface area contributed by atoms with Crippen LogP contribution < -0.4 is 5.32 Å². The number of alkyl halides is 3. The van der Waals surface area contributed by atoms with Gasteiger partial charge in [0.15, 0.2) is 0 Å². The standard InChI is InChI=1S/C14H16F3NO/c1-9(18-13(19)14(15,16)17)11-7-6-10-4-2-3-5-12(10)8-11/h6-9H,2-5H2,1H3,(H,18,19). The molecule has 1 aliphatic carbocycles. The summed E-state index contributed by atoms with van der Waals surface area (Å²) in [6.07, 6.45) is -0.572. The van der Waals surface area contributed by atoms with E-state index in [0.29, 0.717) is 0 Å². The molecule has 1 unspecified atom stereocenters. The maximum absolute atomic E-state index is 12.2. The topological polar surface area (TPSA) is 29.1 Å². The molecule has 1 aliphatic rings. The van der Waals surface area contributed by atoms with Gasteiger partial charge < -0.3 is 5.32 Å². The van der Waals surface area contributed by atoms with Gasteiger partial charge in [-0.1, -0.05) is 18.2 Å². The number of benzene rings is 1. The lowest BCUT2D eigenvalue weighted by molar-refractivity contribution is -0.174. The van der Waals surface area contributed by atoms with E-state index in [-0.39, 0.29) is 0 Å². The molecule has 1 N–H and O–H groups in total. The Balaban J connectivity index is 2.11. The van der Waals surface area contributed by atoms with E-state index in [9.17, 15) is 18.0 Å². The van der Waals surface area contributed by atoms with Crippen LogP contribution in [-0.2, 0) is 17.6 Å². The number of fused-ring (bicyclic) bond motifs is 1. The van der Waals surface area contributed by atoms with Crippen molar-refractivity contribution in [2.45, 2.75) is 44.8 Å². The predicted molar refractivity (Wildman–Crippen MR) is 65.7 cm³/mol. The third kappa shape index (κ3) is 3.28. The molecular weight excluding hydrogens is 255 g/mol. The number of hydrogen-bond acceptors (Lipinski definition) is 1. The lowest BCUT2D eigenvalue weighted by Crippen LogP contribution is -2.38. The molecule has 0 saturated carbocycles. The molecule has 5 heteroatoms. The summed E-state index contributed by atoms with van der Waals surface area (Å²) in [6.45, 7) is 1.56. The first-order chi connectivity index (χ1) is 8.88. The van der Waals surface area contributed by atoms with E-state index >= 15 is 0 Å². The average Bonchev–Trinajstić information content (AvgIpc) is 2.37. The van der Waals surface area contributed by atoms with Gasteiger partial charge in [0.2, 0.25) is 0 Å². The van der Waals surface area contributed by atoms with Gasteiger partial charge in [-0.25, -0.2) is 0 Å². The number of halogens is 3. The molecule has 1 aromatic rings. The van der Waals surface area contributed by atoms with Gasteiger partial charge in [-0.15, -0.1) is 0 Å². The van der Waals surface area contributed by atoms with Gasteiger partial charge >= 0.3 is 12.1 Å². The Kier molecular flexibility index (Phi) is 3.83. The minimum absolute atomic E-state index is 0.638. The number of carbonyl (C=O) groups is 1. The zero-order chi connectivity index (χ0) is 14.0. The van der Waals surface area contributed by atoms with Gasteiger partial charge in [0, 0.05) is 0 Å². The largest absolute Gasteiger partial charge is 0.471 e. The van der Waals surface area contributed by atoms with Gasteiger partial charge in [0.05, 0.1) is 6.04 Å². The number of carbonyl (C=O) groups excluding carboxylic acids is 1. The first kappa shape index (κ1) is 13.9. The molecule has 19 heavy (non-hydrogen) atoms. The zero-order valence-electron chi connectivity index (χ0n) is 10.7. The van der Waals surface area contributed by atoms with E-state index in [1.807, 2.05) is 17.4 Å². The molecule has 0 fully saturated rings. The molecule has 1 aromatic carbocycles. The van der Waals surface area contributed by atoms with Crippen LogP contribution in [0.1, 0.15) is 42.5 Å². The molecule has 104 valence electrons. The first-order valence-electron chi connectivity index (χ1n) is 6.37. The molecule has 2 nitrogen and oxygen atoms in total. The van der Waals surface area contributed by atoms with Crippen LogP contribution in [0.5, 0.6) is 0 Å². The maximum atomic E-state index is 12.2. The second-order valence-electron chi connectivity index (χ2n) is 4.93. The zero-order valence-corrected chi connectivity index (χ0v) is 10.7. The lowest BCUT2D eigenvalue weighted by Gasteiger charge is -2.20. The Morgan fingerprint density at radius 1 is 1.21 bits per heavy atom. The number of hydrogen-bond donors (Lipinski definition) is 1. The highest BCUT2D eigenvalue weighted by Crippen LogP contribution is 2.25. The van der Waals surface area contributed by atoms with E-state index in [0.717, 1.165) is 31.2 Å². The number of amides is 1. The number of aryl methyl sites for hydroxylation is 2.